The van der Waals surface area contributed by atoms with Crippen molar-refractivity contribution in [3.63, 3.8) is 0 Å². The minimum Gasteiger partial charge on any atom is -0.496 e. The van der Waals surface area contributed by atoms with Crippen molar-refractivity contribution in [2.45, 2.75) is 37.8 Å². The van der Waals surface area contributed by atoms with E-state index in [2.05, 4.69) is 5.32 Å². The molecule has 5 nitrogen and oxygen atoms in total. The first-order valence-corrected chi connectivity index (χ1v) is 7.31. The fourth-order valence-corrected chi connectivity index (χ4v) is 3.14. The van der Waals surface area contributed by atoms with E-state index >= 15 is 0 Å². The second kappa shape index (κ2) is 6.02. The predicted octanol–water partition coefficient (Wildman–Crippen LogP) is 2.54. The molecule has 2 heterocycles. The smallest absolute Gasteiger partial charge is 0.204 e. The average molecular weight is 292 g/mol. The van der Waals surface area contributed by atoms with Crippen LogP contribution < -0.4 is 24.3 Å². The van der Waals surface area contributed by atoms with Gasteiger partial charge in [-0.15, -0.1) is 0 Å². The summed E-state index contributed by atoms with van der Waals surface area (Å²) in [5, 5.41) is 3.54. The Morgan fingerprint density at radius 2 is 1.76 bits per heavy atom. The van der Waals surface area contributed by atoms with Gasteiger partial charge in [-0.3, -0.25) is 0 Å². The summed E-state index contributed by atoms with van der Waals surface area (Å²) in [6.45, 7) is 0. The fourth-order valence-electron chi connectivity index (χ4n) is 3.14. The second-order valence-electron chi connectivity index (χ2n) is 5.52. The molecule has 0 amide bonds. The number of hydrogen-bond donors (Lipinski definition) is 1. The molecule has 0 spiro atoms. The van der Waals surface area contributed by atoms with Gasteiger partial charge in [0.2, 0.25) is 5.75 Å². The molecule has 21 heavy (non-hydrogen) atoms. The highest BCUT2D eigenvalue weighted by Crippen LogP contribution is 2.43. The molecule has 0 aliphatic carbocycles. The van der Waals surface area contributed by atoms with Crippen LogP contribution in [0.1, 0.15) is 25.7 Å². The summed E-state index contributed by atoms with van der Waals surface area (Å²) in [5.74, 6) is 2.63. The molecule has 1 N–H and O–H groups in total. The zero-order valence-corrected chi connectivity index (χ0v) is 12.8. The van der Waals surface area contributed by atoms with Crippen molar-refractivity contribution in [2.24, 2.45) is 0 Å². The van der Waals surface area contributed by atoms with Crippen molar-refractivity contribution in [1.82, 2.24) is 5.32 Å². The van der Waals surface area contributed by atoms with Crippen LogP contribution in [-0.4, -0.2) is 33.5 Å². The van der Waals surface area contributed by atoms with Gasteiger partial charge in [0, 0.05) is 30.6 Å². The van der Waals surface area contributed by atoms with E-state index in [-0.39, 0.29) is 6.10 Å². The summed E-state index contributed by atoms with van der Waals surface area (Å²) in [4.78, 5) is 0. The monoisotopic (exact) mass is 292 g/mol. The van der Waals surface area contributed by atoms with Crippen LogP contribution in [0.4, 0.5) is 0 Å². The van der Waals surface area contributed by atoms with Gasteiger partial charge in [-0.2, -0.15) is 0 Å². The van der Waals surface area contributed by atoms with Crippen LogP contribution in [0.25, 0.3) is 0 Å². The van der Waals surface area contributed by atoms with Crippen molar-refractivity contribution in [1.29, 1.82) is 0 Å². The van der Waals surface area contributed by atoms with E-state index in [1.165, 1.54) is 18.9 Å². The van der Waals surface area contributed by atoms with Crippen LogP contribution in [0.15, 0.2) is 12.1 Å². The third kappa shape index (κ3) is 2.88. The summed E-state index contributed by atoms with van der Waals surface area (Å²) in [5.41, 5.74) is 0. The number of piperidine rings is 1. The minimum atomic E-state index is 0.171. The molecule has 2 saturated heterocycles. The quantitative estimate of drug-likeness (QED) is 0.903. The zero-order chi connectivity index (χ0) is 14.8. The van der Waals surface area contributed by atoms with Gasteiger partial charge in [-0.05, 0) is 19.3 Å². The Morgan fingerprint density at radius 1 is 1.05 bits per heavy atom. The van der Waals surface area contributed by atoms with E-state index in [4.69, 9.17) is 18.9 Å². The number of methoxy groups -OCH3 is 3. The third-order valence-electron chi connectivity index (χ3n) is 4.18. The van der Waals surface area contributed by atoms with Gasteiger partial charge >= 0.3 is 0 Å². The first-order valence-electron chi connectivity index (χ1n) is 7.31. The second-order valence-corrected chi connectivity index (χ2v) is 5.52. The van der Waals surface area contributed by atoms with Crippen LogP contribution in [0.5, 0.6) is 23.0 Å². The molecule has 5 heteroatoms. The molecule has 1 aromatic rings. The normalized spacial score (nSPS) is 24.7. The van der Waals surface area contributed by atoms with Crippen molar-refractivity contribution >= 4 is 0 Å². The Hall–Kier alpha value is -1.62. The van der Waals surface area contributed by atoms with Crippen LogP contribution in [0, 0.1) is 6.04 Å². The molecule has 2 unspecified atom stereocenters. The van der Waals surface area contributed by atoms with Crippen molar-refractivity contribution in [2.75, 3.05) is 21.3 Å². The Kier molecular flexibility index (Phi) is 4.10. The van der Waals surface area contributed by atoms with Gasteiger partial charge in [-0.25, -0.2) is 0 Å². The summed E-state index contributed by atoms with van der Waals surface area (Å²) < 4.78 is 22.3. The molecule has 2 aliphatic rings. The van der Waals surface area contributed by atoms with Gasteiger partial charge in [-0.1, -0.05) is 0 Å². The van der Waals surface area contributed by atoms with Gasteiger partial charge in [0.1, 0.15) is 11.9 Å². The average Bonchev–Trinajstić information content (AvgIpc) is 2.86. The van der Waals surface area contributed by atoms with Gasteiger partial charge < -0.3 is 24.3 Å². The molecule has 2 fully saturated rings. The number of rotatable bonds is 5. The Balaban J connectivity index is 1.83. The Morgan fingerprint density at radius 3 is 2.33 bits per heavy atom. The number of ether oxygens (including phenoxy) is 4. The van der Waals surface area contributed by atoms with E-state index < -0.39 is 0 Å². The topological polar surface area (TPSA) is 49.0 Å². The maximum Gasteiger partial charge on any atom is 0.204 e. The summed E-state index contributed by atoms with van der Waals surface area (Å²) >= 11 is 0. The van der Waals surface area contributed by atoms with Crippen molar-refractivity contribution in [3.8, 4) is 23.0 Å². The van der Waals surface area contributed by atoms with Crippen molar-refractivity contribution < 1.29 is 18.9 Å². The van der Waals surface area contributed by atoms with Crippen molar-refractivity contribution in [3.05, 3.63) is 18.2 Å². The molecule has 2 atom stereocenters. The molecule has 0 aromatic heterocycles. The van der Waals surface area contributed by atoms with E-state index in [1.807, 2.05) is 12.1 Å². The summed E-state index contributed by atoms with van der Waals surface area (Å²) in [6, 6.07) is 5.60. The van der Waals surface area contributed by atoms with Crippen LogP contribution >= 0.6 is 0 Å². The van der Waals surface area contributed by atoms with E-state index in [9.17, 15) is 0 Å². The lowest BCUT2D eigenvalue weighted by Gasteiger charge is -2.30. The lowest BCUT2D eigenvalue weighted by atomic mass is 10.0. The molecular weight excluding hydrogens is 270 g/mol. The third-order valence-corrected chi connectivity index (χ3v) is 4.18. The largest absolute Gasteiger partial charge is 0.496 e. The number of fused-ring (bicyclic) bond motifs is 2. The number of benzene rings is 1. The van der Waals surface area contributed by atoms with E-state index in [0.717, 1.165) is 12.8 Å². The molecule has 2 aliphatic heterocycles. The summed E-state index contributed by atoms with van der Waals surface area (Å²) in [7, 11) is 4.87. The summed E-state index contributed by atoms with van der Waals surface area (Å²) in [6.07, 6.45) is 4.52. The van der Waals surface area contributed by atoms with Gasteiger partial charge in [0.25, 0.3) is 0 Å². The molecular formula is C16H22NO4. The van der Waals surface area contributed by atoms with Crippen LogP contribution in [0.2, 0.25) is 0 Å². The first kappa shape index (κ1) is 14.3. The first-order chi connectivity index (χ1) is 10.2. The highest BCUT2D eigenvalue weighted by atomic mass is 16.5. The molecule has 1 aromatic carbocycles. The van der Waals surface area contributed by atoms with Gasteiger partial charge in [0.05, 0.1) is 21.3 Å². The zero-order valence-electron chi connectivity index (χ0n) is 12.8. The molecule has 1 radical (unpaired) electrons. The lowest BCUT2D eigenvalue weighted by molar-refractivity contribution is 0.144. The lowest BCUT2D eigenvalue weighted by Crippen LogP contribution is -2.38. The predicted molar refractivity (Wildman–Crippen MR) is 79.1 cm³/mol. The molecule has 2 bridgehead atoms. The van der Waals surface area contributed by atoms with E-state index in [1.54, 1.807) is 21.3 Å². The van der Waals surface area contributed by atoms with Gasteiger partial charge in [0.15, 0.2) is 11.5 Å². The fraction of sp³-hybridized carbons (Fsp3) is 0.562. The SMILES string of the molecule is COc1cc(OC)c(OC2C[C]3CCC(C2)N3)c(OC)c1. The Labute approximate surface area is 125 Å². The minimum absolute atomic E-state index is 0.171. The number of hydrogen-bond acceptors (Lipinski definition) is 5. The standard InChI is InChI=1S/C16H22NO4/c1-18-12-8-14(19-2)16(15(9-12)20-3)21-13-6-10-4-5-11(7-13)17-10/h8-10,13,17H,4-7H2,1-3H3. The van der Waals surface area contributed by atoms with Crippen LogP contribution in [0.3, 0.4) is 0 Å². The van der Waals surface area contributed by atoms with Crippen LogP contribution in [-0.2, 0) is 0 Å². The highest BCUT2D eigenvalue weighted by Gasteiger charge is 2.36. The maximum absolute atomic E-state index is 6.21. The molecule has 3 rings (SSSR count). The molecule has 115 valence electrons. The van der Waals surface area contributed by atoms with E-state index in [0.29, 0.717) is 29.0 Å². The maximum atomic E-state index is 6.21. The molecule has 0 saturated carbocycles. The highest BCUT2D eigenvalue weighted by molar-refractivity contribution is 5.56. The Bertz CT molecular complexity index is 468. The number of nitrogens with one attached hydrogen (secondary N) is 1.